The Kier molecular flexibility index (Phi) is 8.71. The molecule has 0 unspecified atom stereocenters. The van der Waals surface area contributed by atoms with Gasteiger partial charge in [0.25, 0.3) is 0 Å². The van der Waals surface area contributed by atoms with Gasteiger partial charge in [-0.05, 0) is 42.5 Å². The topological polar surface area (TPSA) is 49.4 Å². The van der Waals surface area contributed by atoms with Gasteiger partial charge in [0, 0.05) is 24.0 Å². The van der Waals surface area contributed by atoms with Crippen LogP contribution in [0.25, 0.3) is 0 Å². The highest BCUT2D eigenvalue weighted by molar-refractivity contribution is 9.10. The lowest BCUT2D eigenvalue weighted by atomic mass is 10.1. The maximum absolute atomic E-state index is 13.0. The van der Waals surface area contributed by atoms with Crippen molar-refractivity contribution in [1.82, 2.24) is 10.2 Å². The molecule has 0 heterocycles. The fraction of sp³-hybridized carbons (Fsp3) is 0.391. The van der Waals surface area contributed by atoms with Crippen LogP contribution in [0.5, 0.6) is 0 Å². The molecule has 0 saturated carbocycles. The summed E-state index contributed by atoms with van der Waals surface area (Å²) in [6.07, 6.45) is 1.04. The summed E-state index contributed by atoms with van der Waals surface area (Å²) < 4.78 is 0.987. The first-order chi connectivity index (χ1) is 13.4. The third kappa shape index (κ3) is 7.12. The van der Waals surface area contributed by atoms with Gasteiger partial charge in [0.2, 0.25) is 11.8 Å². The summed E-state index contributed by atoms with van der Waals surface area (Å²) in [7, 11) is 0. The van der Waals surface area contributed by atoms with Crippen molar-refractivity contribution in [2.45, 2.75) is 46.2 Å². The molecule has 4 nitrogen and oxygen atoms in total. The number of amides is 2. The van der Waals surface area contributed by atoms with E-state index in [1.165, 1.54) is 0 Å². The van der Waals surface area contributed by atoms with Crippen molar-refractivity contribution >= 4 is 27.7 Å². The van der Waals surface area contributed by atoms with E-state index in [0.29, 0.717) is 31.8 Å². The number of carbonyl (C=O) groups excluding carboxylic acids is 2. The van der Waals surface area contributed by atoms with Gasteiger partial charge in [-0.3, -0.25) is 9.59 Å². The fourth-order valence-corrected chi connectivity index (χ4v) is 3.13. The second-order valence-corrected chi connectivity index (χ2v) is 8.36. The summed E-state index contributed by atoms with van der Waals surface area (Å²) >= 11 is 3.43. The van der Waals surface area contributed by atoms with Crippen molar-refractivity contribution in [1.29, 1.82) is 0 Å². The highest BCUT2D eigenvalue weighted by Gasteiger charge is 2.25. The molecule has 0 saturated heterocycles. The van der Waals surface area contributed by atoms with E-state index >= 15 is 0 Å². The molecule has 2 aromatic rings. The largest absolute Gasteiger partial charge is 0.354 e. The normalized spacial score (nSPS) is 11.9. The van der Waals surface area contributed by atoms with Crippen molar-refractivity contribution in [2.24, 2.45) is 5.92 Å². The number of benzene rings is 2. The van der Waals surface area contributed by atoms with E-state index in [1.807, 2.05) is 54.6 Å². The third-order valence-corrected chi connectivity index (χ3v) is 5.12. The van der Waals surface area contributed by atoms with Crippen LogP contribution in [-0.2, 0) is 22.6 Å². The Balaban J connectivity index is 2.10. The number of hydrogen-bond acceptors (Lipinski definition) is 2. The molecule has 5 heteroatoms. The van der Waals surface area contributed by atoms with Gasteiger partial charge in [-0.2, -0.15) is 0 Å². The van der Waals surface area contributed by atoms with Gasteiger partial charge in [0.1, 0.15) is 6.04 Å². The predicted molar refractivity (Wildman–Crippen MR) is 117 cm³/mol. The summed E-state index contributed by atoms with van der Waals surface area (Å²) in [6.45, 7) is 6.92. The lowest BCUT2D eigenvalue weighted by Gasteiger charge is -2.29. The van der Waals surface area contributed by atoms with Gasteiger partial charge in [-0.15, -0.1) is 0 Å². The molecule has 0 bridgehead atoms. The molecule has 2 amide bonds. The predicted octanol–water partition coefficient (Wildman–Crippen LogP) is 4.57. The maximum Gasteiger partial charge on any atom is 0.242 e. The zero-order valence-corrected chi connectivity index (χ0v) is 18.4. The molecule has 0 spiro atoms. The van der Waals surface area contributed by atoms with Gasteiger partial charge in [-0.25, -0.2) is 0 Å². The average Bonchev–Trinajstić information content (AvgIpc) is 2.70. The van der Waals surface area contributed by atoms with Crippen LogP contribution in [0.3, 0.4) is 0 Å². The monoisotopic (exact) mass is 444 g/mol. The summed E-state index contributed by atoms with van der Waals surface area (Å²) in [5.74, 6) is 0.239. The first-order valence-corrected chi connectivity index (χ1v) is 10.5. The molecule has 0 fully saturated rings. The minimum absolute atomic E-state index is 0.0148. The maximum atomic E-state index is 13.0. The van der Waals surface area contributed by atoms with E-state index in [9.17, 15) is 9.59 Å². The van der Waals surface area contributed by atoms with Crippen molar-refractivity contribution < 1.29 is 9.59 Å². The summed E-state index contributed by atoms with van der Waals surface area (Å²) in [5.41, 5.74) is 2.12. The SMILES string of the molecule is CC(C)CNC(=O)[C@@H](C)N(Cc1ccc(Br)cc1)C(=O)CCc1ccccc1. The van der Waals surface area contributed by atoms with Crippen LogP contribution in [0.2, 0.25) is 0 Å². The molecule has 2 rings (SSSR count). The van der Waals surface area contributed by atoms with Gasteiger partial charge < -0.3 is 10.2 Å². The molecule has 2 aromatic carbocycles. The Labute approximate surface area is 176 Å². The van der Waals surface area contributed by atoms with Crippen LogP contribution < -0.4 is 5.32 Å². The van der Waals surface area contributed by atoms with Crippen molar-refractivity contribution in [3.05, 3.63) is 70.2 Å². The van der Waals surface area contributed by atoms with E-state index in [0.717, 1.165) is 15.6 Å². The molecule has 150 valence electrons. The van der Waals surface area contributed by atoms with Crippen LogP contribution in [0, 0.1) is 5.92 Å². The number of nitrogens with zero attached hydrogens (tertiary/aromatic N) is 1. The highest BCUT2D eigenvalue weighted by atomic mass is 79.9. The number of hydrogen-bond donors (Lipinski definition) is 1. The van der Waals surface area contributed by atoms with Crippen LogP contribution in [0.4, 0.5) is 0 Å². The molecule has 1 N–H and O–H groups in total. The van der Waals surface area contributed by atoms with Crippen molar-refractivity contribution in [3.63, 3.8) is 0 Å². The zero-order valence-electron chi connectivity index (χ0n) is 16.8. The minimum atomic E-state index is -0.523. The molecule has 0 aliphatic heterocycles. The Hall–Kier alpha value is -2.14. The van der Waals surface area contributed by atoms with Crippen LogP contribution in [0.1, 0.15) is 38.3 Å². The number of halogens is 1. The molecular weight excluding hydrogens is 416 g/mol. The molecule has 0 aromatic heterocycles. The van der Waals surface area contributed by atoms with Gasteiger partial charge in [0.05, 0.1) is 0 Å². The van der Waals surface area contributed by atoms with Crippen LogP contribution in [-0.4, -0.2) is 29.3 Å². The van der Waals surface area contributed by atoms with E-state index in [-0.39, 0.29) is 11.8 Å². The Morgan fingerprint density at radius 2 is 1.61 bits per heavy atom. The van der Waals surface area contributed by atoms with Crippen molar-refractivity contribution in [2.75, 3.05) is 6.54 Å². The minimum Gasteiger partial charge on any atom is -0.354 e. The van der Waals surface area contributed by atoms with Crippen molar-refractivity contribution in [3.8, 4) is 0 Å². The van der Waals surface area contributed by atoms with E-state index in [1.54, 1.807) is 11.8 Å². The average molecular weight is 445 g/mol. The fourth-order valence-electron chi connectivity index (χ4n) is 2.86. The molecule has 1 atom stereocenters. The molecule has 0 aliphatic carbocycles. The summed E-state index contributed by atoms with van der Waals surface area (Å²) in [6, 6.07) is 17.3. The highest BCUT2D eigenvalue weighted by Crippen LogP contribution is 2.16. The first kappa shape index (κ1) is 22.2. The Morgan fingerprint density at radius 1 is 0.964 bits per heavy atom. The number of nitrogens with one attached hydrogen (secondary N) is 1. The standard InChI is InChI=1S/C23H29BrN2O2/c1-17(2)15-25-23(28)18(3)26(16-20-9-12-21(24)13-10-20)22(27)14-11-19-7-5-4-6-8-19/h4-10,12-13,17-18H,11,14-16H2,1-3H3,(H,25,28)/t18-/m1/s1. The Morgan fingerprint density at radius 3 is 2.21 bits per heavy atom. The quantitative estimate of drug-likeness (QED) is 0.615. The summed E-state index contributed by atoms with van der Waals surface area (Å²) in [5, 5.41) is 2.95. The second kappa shape index (κ2) is 11.0. The second-order valence-electron chi connectivity index (χ2n) is 7.45. The molecule has 28 heavy (non-hydrogen) atoms. The first-order valence-electron chi connectivity index (χ1n) is 9.72. The van der Waals surface area contributed by atoms with Gasteiger partial charge >= 0.3 is 0 Å². The molecule has 0 radical (unpaired) electrons. The van der Waals surface area contributed by atoms with E-state index in [2.05, 4.69) is 35.1 Å². The van der Waals surface area contributed by atoms with E-state index in [4.69, 9.17) is 0 Å². The zero-order chi connectivity index (χ0) is 20.5. The number of rotatable bonds is 9. The molecule has 0 aliphatic rings. The van der Waals surface area contributed by atoms with Crippen LogP contribution >= 0.6 is 15.9 Å². The lowest BCUT2D eigenvalue weighted by molar-refractivity contribution is -0.140. The number of carbonyl (C=O) groups is 2. The smallest absolute Gasteiger partial charge is 0.242 e. The number of aryl methyl sites for hydroxylation is 1. The van der Waals surface area contributed by atoms with Crippen LogP contribution in [0.15, 0.2) is 59.1 Å². The van der Waals surface area contributed by atoms with E-state index < -0.39 is 6.04 Å². The Bertz CT molecular complexity index is 760. The molecular formula is C23H29BrN2O2. The van der Waals surface area contributed by atoms with Gasteiger partial charge in [0.15, 0.2) is 0 Å². The third-order valence-electron chi connectivity index (χ3n) is 4.59. The summed E-state index contributed by atoms with van der Waals surface area (Å²) in [4.78, 5) is 27.3. The van der Waals surface area contributed by atoms with Gasteiger partial charge in [-0.1, -0.05) is 72.2 Å². The lowest BCUT2D eigenvalue weighted by Crippen LogP contribution is -2.48.